The minimum Gasteiger partial charge on any atom is -0.305 e. The van der Waals surface area contributed by atoms with Crippen LogP contribution in [0.25, 0.3) is 38.1 Å². The highest BCUT2D eigenvalue weighted by molar-refractivity contribution is 6.25. The van der Waals surface area contributed by atoms with E-state index < -0.39 is 5.41 Å². The minimum atomic E-state index is -0.510. The van der Waals surface area contributed by atoms with Gasteiger partial charge in [0.1, 0.15) is 0 Å². The fraction of sp³-hybridized carbons (Fsp3) is 0.277. The van der Waals surface area contributed by atoms with Crippen molar-refractivity contribution < 1.29 is 0 Å². The van der Waals surface area contributed by atoms with Crippen LogP contribution in [0.2, 0.25) is 0 Å². The molecule has 2 fully saturated rings. The van der Waals surface area contributed by atoms with Gasteiger partial charge in [-0.15, -0.1) is 0 Å². The molecule has 4 aromatic carbocycles. The van der Waals surface area contributed by atoms with E-state index in [0.29, 0.717) is 23.7 Å². The number of hydrogen-bond acceptors (Lipinski definition) is 2. The smallest absolute Gasteiger partial charge is 0.0728 e. The van der Waals surface area contributed by atoms with Crippen molar-refractivity contribution in [3.05, 3.63) is 160 Å². The third kappa shape index (κ3) is 3.41. The summed E-state index contributed by atoms with van der Waals surface area (Å²) < 4.78 is 2.58. The average Bonchev–Trinajstić information content (AvgIpc) is 3.73. The second-order valence-corrected chi connectivity index (χ2v) is 15.8. The molecule has 242 valence electrons. The molecule has 0 saturated heterocycles. The number of hydrogen-bond donors (Lipinski definition) is 0. The number of fused-ring (bicyclic) bond motifs is 10. The van der Waals surface area contributed by atoms with E-state index in [0.717, 1.165) is 0 Å². The predicted molar refractivity (Wildman–Crippen MR) is 203 cm³/mol. The third-order valence-electron chi connectivity index (χ3n) is 13.7. The maximum atomic E-state index is 5.33. The van der Waals surface area contributed by atoms with E-state index in [1.54, 1.807) is 11.1 Å². The van der Waals surface area contributed by atoms with Gasteiger partial charge in [-0.05, 0) is 109 Å². The van der Waals surface area contributed by atoms with Crippen LogP contribution in [-0.2, 0) is 5.41 Å². The summed E-state index contributed by atoms with van der Waals surface area (Å²) in [4.78, 5) is 10.7. The molecule has 0 aliphatic heterocycles. The zero-order valence-electron chi connectivity index (χ0n) is 28.3. The van der Waals surface area contributed by atoms with Crippen molar-refractivity contribution in [2.75, 3.05) is 0 Å². The summed E-state index contributed by atoms with van der Waals surface area (Å²) in [6, 6.07) is 39.0. The quantitative estimate of drug-likeness (QED) is 0.178. The minimum absolute atomic E-state index is 0.510. The molecule has 0 radical (unpaired) electrons. The molecule has 4 aromatic heterocycles. The number of rotatable bonds is 4. The zero-order valence-corrected chi connectivity index (χ0v) is 28.3. The summed E-state index contributed by atoms with van der Waals surface area (Å²) >= 11 is 0. The van der Waals surface area contributed by atoms with E-state index >= 15 is 0 Å². The Labute approximate surface area is 292 Å². The van der Waals surface area contributed by atoms with Crippen molar-refractivity contribution in [3.8, 4) is 0 Å². The van der Waals surface area contributed by atoms with Crippen molar-refractivity contribution in [1.29, 1.82) is 0 Å². The Bertz CT molecular complexity index is 2390. The molecule has 0 N–H and O–H groups in total. The molecule has 2 saturated carbocycles. The van der Waals surface area contributed by atoms with Crippen LogP contribution >= 0.6 is 0 Å². The molecule has 0 spiro atoms. The lowest BCUT2D eigenvalue weighted by atomic mass is 9.64. The van der Waals surface area contributed by atoms with Crippen LogP contribution in [0.5, 0.6) is 0 Å². The number of aromatic nitrogens is 3. The van der Waals surface area contributed by atoms with Crippen LogP contribution in [-0.4, -0.2) is 14.4 Å². The van der Waals surface area contributed by atoms with Crippen molar-refractivity contribution in [2.24, 2.45) is 0 Å². The first-order chi connectivity index (χ1) is 24.8. The van der Waals surface area contributed by atoms with Gasteiger partial charge in [0.15, 0.2) is 0 Å². The van der Waals surface area contributed by atoms with E-state index in [4.69, 9.17) is 9.97 Å². The van der Waals surface area contributed by atoms with Crippen molar-refractivity contribution >= 4 is 38.1 Å². The van der Waals surface area contributed by atoms with Crippen LogP contribution in [0, 0.1) is 0 Å². The van der Waals surface area contributed by atoms with E-state index in [1.807, 2.05) is 0 Å². The van der Waals surface area contributed by atoms with Gasteiger partial charge in [0.2, 0.25) is 0 Å². The van der Waals surface area contributed by atoms with Gasteiger partial charge in [0.05, 0.1) is 34.4 Å². The van der Waals surface area contributed by atoms with Gasteiger partial charge >= 0.3 is 0 Å². The average molecular weight is 646 g/mol. The van der Waals surface area contributed by atoms with Crippen LogP contribution in [0.15, 0.2) is 116 Å². The first-order valence-electron chi connectivity index (χ1n) is 19.0. The molecule has 8 aromatic rings. The largest absolute Gasteiger partial charge is 0.305 e. The number of nitrogens with zero attached hydrogens (tertiary/aromatic N) is 3. The monoisotopic (exact) mass is 645 g/mol. The van der Waals surface area contributed by atoms with Gasteiger partial charge in [-0.1, -0.05) is 91.0 Å². The van der Waals surface area contributed by atoms with E-state index in [9.17, 15) is 0 Å². The Kier molecular flexibility index (Phi) is 5.57. The Morgan fingerprint density at radius 1 is 0.460 bits per heavy atom. The van der Waals surface area contributed by atoms with Gasteiger partial charge in [-0.25, -0.2) is 0 Å². The fourth-order valence-electron chi connectivity index (χ4n) is 11.7. The standard InChI is InChI=1S/C47H39N3/c1-4-10-32(11-5-1)47(33-12-6-2-7-13-33,34-14-8-3-9-15-34)35-24-36-42-38(26-48-44-30-20-16-28(17-21-30)40(42)44)50-39-27-49-45-31-22-18-29(19-23-31)41(45)43(39)37(25-35)46(36)50/h1-15,24-31H,16-23H2. The fourth-order valence-corrected chi connectivity index (χ4v) is 11.7. The lowest BCUT2D eigenvalue weighted by Gasteiger charge is -2.38. The molecule has 3 nitrogen and oxygen atoms in total. The Hall–Kier alpha value is -5.02. The summed E-state index contributed by atoms with van der Waals surface area (Å²) in [6.45, 7) is 0. The molecule has 0 unspecified atom stereocenters. The SMILES string of the molecule is c1ccc(C(c2ccccc2)(c2ccccc2)c2cc3c4c5c(ncc4n4c6cnc7c(c6c(c2)c34)C2CCC7CC2)C2CCC5CC2)cc1. The van der Waals surface area contributed by atoms with Gasteiger partial charge in [0, 0.05) is 44.8 Å². The molecule has 14 rings (SSSR count). The van der Waals surface area contributed by atoms with Crippen molar-refractivity contribution in [3.63, 3.8) is 0 Å². The first kappa shape index (κ1) is 27.8. The van der Waals surface area contributed by atoms with Crippen LogP contribution in [0.3, 0.4) is 0 Å². The highest BCUT2D eigenvalue weighted by Gasteiger charge is 2.42. The first-order valence-corrected chi connectivity index (χ1v) is 19.0. The lowest BCUT2D eigenvalue weighted by molar-refractivity contribution is 0.353. The highest BCUT2D eigenvalue weighted by atomic mass is 14.9. The number of benzene rings is 4. The van der Waals surface area contributed by atoms with E-state index in [-0.39, 0.29) is 0 Å². The molecule has 4 bridgehead atoms. The molecule has 0 amide bonds. The molecular weight excluding hydrogens is 607 g/mol. The second-order valence-electron chi connectivity index (χ2n) is 15.8. The maximum absolute atomic E-state index is 5.33. The predicted octanol–water partition coefficient (Wildman–Crippen LogP) is 11.5. The third-order valence-corrected chi connectivity index (χ3v) is 13.7. The second kappa shape index (κ2) is 10.0. The van der Waals surface area contributed by atoms with Crippen LogP contribution in [0.1, 0.15) is 120 Å². The summed E-state index contributed by atoms with van der Waals surface area (Å²) in [7, 11) is 0. The van der Waals surface area contributed by atoms with Gasteiger partial charge in [-0.3, -0.25) is 9.97 Å². The normalized spacial score (nSPS) is 22.6. The number of pyridine rings is 2. The molecule has 3 heteroatoms. The molecule has 6 aliphatic rings. The Morgan fingerprint density at radius 3 is 1.24 bits per heavy atom. The van der Waals surface area contributed by atoms with Gasteiger partial charge < -0.3 is 4.40 Å². The topological polar surface area (TPSA) is 30.2 Å². The lowest BCUT2D eigenvalue weighted by Crippen LogP contribution is -2.31. The molecule has 0 atom stereocenters. The van der Waals surface area contributed by atoms with Crippen molar-refractivity contribution in [1.82, 2.24) is 14.4 Å². The summed E-state index contributed by atoms with van der Waals surface area (Å²) in [5.41, 5.74) is 14.5. The summed E-state index contributed by atoms with van der Waals surface area (Å²) in [5, 5.41) is 5.71. The van der Waals surface area contributed by atoms with E-state index in [2.05, 4.69) is 120 Å². The Balaban J connectivity index is 1.31. The van der Waals surface area contributed by atoms with Crippen LogP contribution in [0.4, 0.5) is 0 Å². The molecule has 4 heterocycles. The van der Waals surface area contributed by atoms with Gasteiger partial charge in [-0.2, -0.15) is 0 Å². The zero-order chi connectivity index (χ0) is 32.6. The summed E-state index contributed by atoms with van der Waals surface area (Å²) in [6.07, 6.45) is 14.7. The summed E-state index contributed by atoms with van der Waals surface area (Å²) in [5.74, 6) is 2.38. The molecule has 6 aliphatic carbocycles. The molecular formula is C47H39N3. The van der Waals surface area contributed by atoms with Crippen LogP contribution < -0.4 is 0 Å². The highest BCUT2D eigenvalue weighted by Crippen LogP contribution is 2.57. The molecule has 50 heavy (non-hydrogen) atoms. The Morgan fingerprint density at radius 2 is 0.840 bits per heavy atom. The maximum Gasteiger partial charge on any atom is 0.0728 e. The van der Waals surface area contributed by atoms with Gasteiger partial charge in [0.25, 0.3) is 0 Å². The van der Waals surface area contributed by atoms with Crippen molar-refractivity contribution in [2.45, 2.75) is 80.5 Å². The van der Waals surface area contributed by atoms with E-state index in [1.165, 1.54) is 123 Å².